The van der Waals surface area contributed by atoms with Crippen LogP contribution in [0.5, 0.6) is 0 Å². The molecule has 1 rings (SSSR count). The predicted molar refractivity (Wildman–Crippen MR) is 93.0 cm³/mol. The van der Waals surface area contributed by atoms with Crippen molar-refractivity contribution in [2.75, 3.05) is 20.6 Å². The van der Waals surface area contributed by atoms with E-state index in [1.165, 1.54) is 5.56 Å². The van der Waals surface area contributed by atoms with Crippen molar-refractivity contribution in [2.24, 2.45) is 0 Å². The van der Waals surface area contributed by atoms with Crippen LogP contribution < -0.4 is 10.6 Å². The third kappa shape index (κ3) is 7.79. The van der Waals surface area contributed by atoms with E-state index < -0.39 is 0 Å². The van der Waals surface area contributed by atoms with Gasteiger partial charge >= 0.3 is 0 Å². The molecule has 2 amide bonds. The molecule has 0 aliphatic carbocycles. The van der Waals surface area contributed by atoms with Gasteiger partial charge in [-0.25, -0.2) is 0 Å². The van der Waals surface area contributed by atoms with Gasteiger partial charge in [0.25, 0.3) is 0 Å². The van der Waals surface area contributed by atoms with Crippen molar-refractivity contribution >= 4 is 11.8 Å². The number of likely N-dealkylation sites (N-methyl/N-ethyl adjacent to an activating group) is 1. The minimum absolute atomic E-state index is 0.0459. The summed E-state index contributed by atoms with van der Waals surface area (Å²) >= 11 is 0. The number of nitrogens with zero attached hydrogens (tertiary/aromatic N) is 1. The Morgan fingerprint density at radius 2 is 1.30 bits per heavy atom. The molecule has 5 heteroatoms. The second-order valence-electron chi connectivity index (χ2n) is 5.97. The highest BCUT2D eigenvalue weighted by Gasteiger charge is 2.05. The Bertz CT molecular complexity index is 489. The van der Waals surface area contributed by atoms with Crippen LogP contribution in [0.1, 0.15) is 43.4 Å². The molecule has 0 saturated carbocycles. The normalized spacial score (nSPS) is 10.7. The van der Waals surface area contributed by atoms with Crippen LogP contribution in [-0.2, 0) is 29.1 Å². The zero-order valence-corrected chi connectivity index (χ0v) is 14.7. The lowest BCUT2D eigenvalue weighted by Crippen LogP contribution is -2.23. The van der Waals surface area contributed by atoms with Crippen LogP contribution >= 0.6 is 0 Å². The number of carbonyl (C=O) groups is 2. The summed E-state index contributed by atoms with van der Waals surface area (Å²) in [7, 11) is 4.10. The first-order valence-electron chi connectivity index (χ1n) is 8.24. The van der Waals surface area contributed by atoms with Crippen LogP contribution in [0.3, 0.4) is 0 Å². The smallest absolute Gasteiger partial charge is 0.219 e. The van der Waals surface area contributed by atoms with Gasteiger partial charge in [-0.05, 0) is 37.2 Å². The topological polar surface area (TPSA) is 61.4 Å². The van der Waals surface area contributed by atoms with Gasteiger partial charge in [0.15, 0.2) is 0 Å². The quantitative estimate of drug-likeness (QED) is 0.730. The van der Waals surface area contributed by atoms with Crippen LogP contribution in [0.25, 0.3) is 0 Å². The largest absolute Gasteiger partial charge is 0.352 e. The highest BCUT2D eigenvalue weighted by Crippen LogP contribution is 2.12. The Balaban J connectivity index is 2.82. The van der Waals surface area contributed by atoms with Crippen molar-refractivity contribution in [3.8, 4) is 0 Å². The highest BCUT2D eigenvalue weighted by atomic mass is 16.2. The maximum absolute atomic E-state index is 11.4. The molecule has 0 bridgehead atoms. The zero-order chi connectivity index (χ0) is 17.2. The van der Waals surface area contributed by atoms with Crippen LogP contribution in [0.4, 0.5) is 0 Å². The van der Waals surface area contributed by atoms with E-state index in [1.807, 2.05) is 34.0 Å². The molecule has 0 radical (unpaired) electrons. The number of rotatable bonds is 9. The second kappa shape index (κ2) is 10.0. The number of benzene rings is 1. The van der Waals surface area contributed by atoms with E-state index in [2.05, 4.69) is 27.7 Å². The van der Waals surface area contributed by atoms with E-state index in [0.29, 0.717) is 25.9 Å². The average molecular weight is 319 g/mol. The Kier molecular flexibility index (Phi) is 8.33. The lowest BCUT2D eigenvalue weighted by Gasteiger charge is -2.13. The molecule has 0 unspecified atom stereocenters. The predicted octanol–water partition coefficient (Wildman–Crippen LogP) is 1.84. The molecule has 1 aromatic rings. The summed E-state index contributed by atoms with van der Waals surface area (Å²) in [5, 5.41) is 5.81. The van der Waals surface area contributed by atoms with Gasteiger partial charge < -0.3 is 15.5 Å². The zero-order valence-electron chi connectivity index (χ0n) is 14.7. The van der Waals surface area contributed by atoms with Crippen molar-refractivity contribution < 1.29 is 9.59 Å². The first-order chi connectivity index (χ1) is 10.9. The minimum atomic E-state index is 0.0459. The van der Waals surface area contributed by atoms with Crippen LogP contribution in [0.2, 0.25) is 0 Å². The van der Waals surface area contributed by atoms with E-state index in [-0.39, 0.29) is 11.8 Å². The van der Waals surface area contributed by atoms with Gasteiger partial charge in [-0.1, -0.05) is 32.0 Å². The van der Waals surface area contributed by atoms with Gasteiger partial charge in [-0.2, -0.15) is 0 Å². The SMILES string of the molecule is CCC(=O)NCc1cc(CCN(C)C)cc(CNC(=O)CC)c1. The summed E-state index contributed by atoms with van der Waals surface area (Å²) in [4.78, 5) is 25.0. The number of amides is 2. The van der Waals surface area contributed by atoms with Crippen molar-refractivity contribution in [3.63, 3.8) is 0 Å². The summed E-state index contributed by atoms with van der Waals surface area (Å²) < 4.78 is 0. The first-order valence-corrected chi connectivity index (χ1v) is 8.24. The van der Waals surface area contributed by atoms with Gasteiger partial charge in [0.2, 0.25) is 11.8 Å². The van der Waals surface area contributed by atoms with Crippen LogP contribution in [0, 0.1) is 0 Å². The lowest BCUT2D eigenvalue weighted by molar-refractivity contribution is -0.121. The molecular formula is C18H29N3O2. The molecule has 0 heterocycles. The van der Waals surface area contributed by atoms with E-state index >= 15 is 0 Å². The summed E-state index contributed by atoms with van der Waals surface area (Å²) in [6.45, 7) is 5.70. The summed E-state index contributed by atoms with van der Waals surface area (Å²) in [6, 6.07) is 6.31. The van der Waals surface area contributed by atoms with Crippen LogP contribution in [0.15, 0.2) is 18.2 Å². The van der Waals surface area contributed by atoms with Crippen molar-refractivity contribution in [2.45, 2.75) is 46.2 Å². The molecule has 2 N–H and O–H groups in total. The third-order valence-electron chi connectivity index (χ3n) is 3.58. The molecule has 0 fully saturated rings. The standard InChI is InChI=1S/C18H29N3O2/c1-5-17(22)19-12-15-9-14(7-8-21(3)4)10-16(11-15)13-20-18(23)6-2/h9-11H,5-8,12-13H2,1-4H3,(H,19,22)(H,20,23). The average Bonchev–Trinajstić information content (AvgIpc) is 2.55. The van der Waals surface area contributed by atoms with Gasteiger partial charge in [0.1, 0.15) is 0 Å². The van der Waals surface area contributed by atoms with Crippen molar-refractivity contribution in [3.05, 3.63) is 34.9 Å². The fourth-order valence-corrected chi connectivity index (χ4v) is 2.19. The minimum Gasteiger partial charge on any atom is -0.352 e. The van der Waals surface area contributed by atoms with E-state index in [0.717, 1.165) is 24.1 Å². The molecule has 0 spiro atoms. The summed E-state index contributed by atoms with van der Waals surface area (Å²) in [6.07, 6.45) is 1.91. The number of carbonyl (C=O) groups excluding carboxylic acids is 2. The van der Waals surface area contributed by atoms with E-state index in [9.17, 15) is 9.59 Å². The molecule has 0 saturated heterocycles. The van der Waals surface area contributed by atoms with Crippen molar-refractivity contribution in [1.82, 2.24) is 15.5 Å². The molecule has 0 atom stereocenters. The summed E-state index contributed by atoms with van der Waals surface area (Å²) in [5.41, 5.74) is 3.37. The maximum Gasteiger partial charge on any atom is 0.219 e. The third-order valence-corrected chi connectivity index (χ3v) is 3.58. The molecule has 0 aromatic heterocycles. The molecule has 23 heavy (non-hydrogen) atoms. The fourth-order valence-electron chi connectivity index (χ4n) is 2.19. The van der Waals surface area contributed by atoms with Gasteiger partial charge in [0.05, 0.1) is 0 Å². The molecule has 5 nitrogen and oxygen atoms in total. The number of hydrogen-bond donors (Lipinski definition) is 2. The van der Waals surface area contributed by atoms with Gasteiger partial charge in [0, 0.05) is 32.5 Å². The Labute approximate surface area is 139 Å². The molecular weight excluding hydrogens is 290 g/mol. The first kappa shape index (κ1) is 19.2. The Morgan fingerprint density at radius 3 is 1.70 bits per heavy atom. The highest BCUT2D eigenvalue weighted by molar-refractivity contribution is 5.75. The van der Waals surface area contributed by atoms with Crippen molar-refractivity contribution in [1.29, 1.82) is 0 Å². The molecule has 0 aliphatic heterocycles. The molecule has 1 aromatic carbocycles. The monoisotopic (exact) mass is 319 g/mol. The van der Waals surface area contributed by atoms with Crippen LogP contribution in [-0.4, -0.2) is 37.4 Å². The fraction of sp³-hybridized carbons (Fsp3) is 0.556. The Hall–Kier alpha value is -1.88. The van der Waals surface area contributed by atoms with E-state index in [4.69, 9.17) is 0 Å². The Morgan fingerprint density at radius 1 is 0.870 bits per heavy atom. The second-order valence-corrected chi connectivity index (χ2v) is 5.97. The number of hydrogen-bond acceptors (Lipinski definition) is 3. The molecule has 0 aliphatic rings. The van der Waals surface area contributed by atoms with Gasteiger partial charge in [-0.3, -0.25) is 9.59 Å². The summed E-state index contributed by atoms with van der Waals surface area (Å²) in [5.74, 6) is 0.0917. The van der Waals surface area contributed by atoms with E-state index in [1.54, 1.807) is 0 Å². The lowest BCUT2D eigenvalue weighted by atomic mass is 10.0. The maximum atomic E-state index is 11.4. The van der Waals surface area contributed by atoms with Gasteiger partial charge in [-0.15, -0.1) is 0 Å². The number of nitrogens with one attached hydrogen (secondary N) is 2. The molecule has 128 valence electrons.